The molecule has 0 aliphatic heterocycles. The van der Waals surface area contributed by atoms with Gasteiger partial charge in [0.2, 0.25) is 0 Å². The molecule has 0 radical (unpaired) electrons. The van der Waals surface area contributed by atoms with E-state index in [1.807, 2.05) is 0 Å². The summed E-state index contributed by atoms with van der Waals surface area (Å²) in [6, 6.07) is 0. The van der Waals surface area contributed by atoms with Crippen LogP contribution in [0, 0.1) is 0 Å². The second-order valence-corrected chi connectivity index (χ2v) is 1.71. The van der Waals surface area contributed by atoms with Crippen molar-refractivity contribution in [3.63, 3.8) is 0 Å². The van der Waals surface area contributed by atoms with E-state index >= 15 is 0 Å². The minimum Gasteiger partial charge on any atom is -0.392 e. The topological polar surface area (TPSA) is 92.5 Å². The zero-order valence-corrected chi connectivity index (χ0v) is 6.34. The van der Waals surface area contributed by atoms with Gasteiger partial charge in [-0.3, -0.25) is 0 Å². The molecule has 5 heteroatoms. The van der Waals surface area contributed by atoms with E-state index in [1.165, 1.54) is 12.2 Å². The normalized spacial score (nSPS) is 8.60. The maximum absolute atomic E-state index is 8.00. The minimum atomic E-state index is 0.000000000000000222. The lowest BCUT2D eigenvalue weighted by atomic mass is 10.5. The lowest BCUT2D eigenvalue weighted by molar-refractivity contribution is 0.329. The van der Waals surface area contributed by atoms with Gasteiger partial charge in [0.05, 0.1) is 13.2 Å². The van der Waals surface area contributed by atoms with Gasteiger partial charge < -0.3 is 21.7 Å². The highest BCUT2D eigenvalue weighted by Crippen LogP contribution is 1.63. The quantitative estimate of drug-likeness (QED) is 0.301. The van der Waals surface area contributed by atoms with Crippen LogP contribution in [0.25, 0.3) is 0 Å². The van der Waals surface area contributed by atoms with Crippen LogP contribution in [0.4, 0.5) is 0 Å². The summed E-state index contributed by atoms with van der Waals surface area (Å²) in [6.07, 6.45) is 2.97. The molecule has 0 aliphatic rings. The third-order valence-corrected chi connectivity index (χ3v) is 0.377. The average Bonchev–Trinajstić information content (AvgIpc) is 1.82. The molecule has 0 bridgehead atoms. The molecule has 0 rings (SSSR count). The van der Waals surface area contributed by atoms with Crippen molar-refractivity contribution in [1.29, 1.82) is 0 Å². The van der Waals surface area contributed by atoms with E-state index < -0.39 is 0 Å². The highest BCUT2D eigenvalue weighted by atomic mass is 32.1. The SMILES string of the molecule is NC(N)=S.OCC=CCO. The molecule has 0 saturated heterocycles. The van der Waals surface area contributed by atoms with Crippen molar-refractivity contribution < 1.29 is 10.2 Å². The van der Waals surface area contributed by atoms with Gasteiger partial charge >= 0.3 is 0 Å². The largest absolute Gasteiger partial charge is 0.392 e. The summed E-state index contributed by atoms with van der Waals surface area (Å²) in [5.74, 6) is 0. The van der Waals surface area contributed by atoms with Gasteiger partial charge in [0.15, 0.2) is 5.11 Å². The van der Waals surface area contributed by atoms with E-state index in [9.17, 15) is 0 Å². The van der Waals surface area contributed by atoms with Gasteiger partial charge in [-0.1, -0.05) is 12.2 Å². The highest BCUT2D eigenvalue weighted by Gasteiger charge is 1.61. The predicted molar refractivity (Wildman–Crippen MR) is 44.3 cm³/mol. The van der Waals surface area contributed by atoms with Crippen molar-refractivity contribution >= 4 is 17.3 Å². The molecule has 0 fully saturated rings. The lowest BCUT2D eigenvalue weighted by Gasteiger charge is -1.73. The molecule has 10 heavy (non-hydrogen) atoms. The average molecular weight is 164 g/mol. The first-order chi connectivity index (χ1) is 4.65. The molecular weight excluding hydrogens is 152 g/mol. The molecule has 0 heterocycles. The second-order valence-electron chi connectivity index (χ2n) is 1.24. The number of rotatable bonds is 2. The first kappa shape index (κ1) is 12.1. The Morgan fingerprint density at radius 3 is 1.50 bits per heavy atom. The molecular formula is C5H12N2O2S. The number of aliphatic hydroxyl groups excluding tert-OH is 2. The van der Waals surface area contributed by atoms with Gasteiger partial charge in [0, 0.05) is 0 Å². The number of hydrogen-bond donors (Lipinski definition) is 4. The molecule has 0 aliphatic carbocycles. The van der Waals surface area contributed by atoms with E-state index in [2.05, 4.69) is 23.7 Å². The number of hydrogen-bond acceptors (Lipinski definition) is 3. The lowest BCUT2D eigenvalue weighted by Crippen LogP contribution is -2.18. The summed E-state index contributed by atoms with van der Waals surface area (Å²) in [5.41, 5.74) is 9.24. The Morgan fingerprint density at radius 1 is 1.20 bits per heavy atom. The fourth-order valence-corrected chi connectivity index (χ4v) is 0.149. The molecule has 0 aromatic heterocycles. The van der Waals surface area contributed by atoms with Gasteiger partial charge in [-0.05, 0) is 12.2 Å². The van der Waals surface area contributed by atoms with E-state index in [1.54, 1.807) is 0 Å². The summed E-state index contributed by atoms with van der Waals surface area (Å²) < 4.78 is 0. The smallest absolute Gasteiger partial charge is 0.160 e. The third kappa shape index (κ3) is 53.7. The Hall–Kier alpha value is -0.650. The zero-order valence-electron chi connectivity index (χ0n) is 5.53. The van der Waals surface area contributed by atoms with Crippen LogP contribution >= 0.6 is 12.2 Å². The Kier molecular flexibility index (Phi) is 13.5. The van der Waals surface area contributed by atoms with Crippen LogP contribution in [-0.4, -0.2) is 28.5 Å². The van der Waals surface area contributed by atoms with E-state index in [0.717, 1.165) is 0 Å². The Labute approximate surface area is 65.1 Å². The van der Waals surface area contributed by atoms with Crippen molar-refractivity contribution in [1.82, 2.24) is 0 Å². The van der Waals surface area contributed by atoms with Crippen LogP contribution in [-0.2, 0) is 0 Å². The standard InChI is InChI=1S/C4H8O2.CH4N2S/c5-3-1-2-4-6;2-1(3)4/h1-2,5-6H,3-4H2;(H4,2,3,4). The molecule has 0 spiro atoms. The van der Waals surface area contributed by atoms with Crippen LogP contribution in [0.15, 0.2) is 12.2 Å². The molecule has 60 valence electrons. The first-order valence-electron chi connectivity index (χ1n) is 2.56. The Morgan fingerprint density at radius 2 is 1.40 bits per heavy atom. The molecule has 0 aromatic carbocycles. The minimum absolute atomic E-state index is 0.000000000000000222. The van der Waals surface area contributed by atoms with Crippen LogP contribution in [0.3, 0.4) is 0 Å². The third-order valence-electron chi connectivity index (χ3n) is 0.377. The monoisotopic (exact) mass is 164 g/mol. The van der Waals surface area contributed by atoms with E-state index in [-0.39, 0.29) is 18.3 Å². The molecule has 6 N–H and O–H groups in total. The fourth-order valence-electron chi connectivity index (χ4n) is 0.149. The predicted octanol–water partition coefficient (Wildman–Crippen LogP) is -1.28. The van der Waals surface area contributed by atoms with Crippen molar-refractivity contribution in [2.45, 2.75) is 0 Å². The van der Waals surface area contributed by atoms with Crippen molar-refractivity contribution in [3.8, 4) is 0 Å². The highest BCUT2D eigenvalue weighted by molar-refractivity contribution is 7.80. The summed E-state index contributed by atoms with van der Waals surface area (Å²) in [5, 5.41) is 16.0. The number of thiocarbonyl (C=S) groups is 1. The van der Waals surface area contributed by atoms with Gasteiger partial charge in [0.25, 0.3) is 0 Å². The summed E-state index contributed by atoms with van der Waals surface area (Å²) in [4.78, 5) is 0. The summed E-state index contributed by atoms with van der Waals surface area (Å²) in [7, 11) is 0. The van der Waals surface area contributed by atoms with Crippen LogP contribution in [0.2, 0.25) is 0 Å². The molecule has 4 nitrogen and oxygen atoms in total. The fraction of sp³-hybridized carbons (Fsp3) is 0.400. The van der Waals surface area contributed by atoms with Crippen LogP contribution in [0.5, 0.6) is 0 Å². The van der Waals surface area contributed by atoms with Crippen LogP contribution < -0.4 is 11.5 Å². The summed E-state index contributed by atoms with van der Waals surface area (Å²) >= 11 is 4.09. The molecule has 0 amide bonds. The zero-order chi connectivity index (χ0) is 8.41. The number of nitrogens with two attached hydrogens (primary N) is 2. The van der Waals surface area contributed by atoms with Crippen molar-refractivity contribution in [2.24, 2.45) is 11.5 Å². The van der Waals surface area contributed by atoms with E-state index in [4.69, 9.17) is 10.2 Å². The molecule has 0 atom stereocenters. The first-order valence-corrected chi connectivity index (χ1v) is 2.97. The van der Waals surface area contributed by atoms with Crippen LogP contribution in [0.1, 0.15) is 0 Å². The molecule has 0 aromatic rings. The Balaban J connectivity index is 0. The van der Waals surface area contributed by atoms with Gasteiger partial charge in [-0.25, -0.2) is 0 Å². The van der Waals surface area contributed by atoms with Gasteiger partial charge in [0.1, 0.15) is 0 Å². The molecule has 0 saturated carbocycles. The summed E-state index contributed by atoms with van der Waals surface area (Å²) in [6.45, 7) is 0.0289. The van der Waals surface area contributed by atoms with Crippen molar-refractivity contribution in [3.05, 3.63) is 12.2 Å². The Bertz CT molecular complexity index is 95.8. The second kappa shape index (κ2) is 11.2. The maximum atomic E-state index is 8.00. The molecule has 0 unspecified atom stereocenters. The maximum Gasteiger partial charge on any atom is 0.160 e. The van der Waals surface area contributed by atoms with Crippen molar-refractivity contribution in [2.75, 3.05) is 13.2 Å². The van der Waals surface area contributed by atoms with Gasteiger partial charge in [-0.2, -0.15) is 0 Å². The van der Waals surface area contributed by atoms with Gasteiger partial charge in [-0.15, -0.1) is 0 Å². The number of aliphatic hydroxyl groups is 2. The van der Waals surface area contributed by atoms with E-state index in [0.29, 0.717) is 0 Å².